The molecule has 1 fully saturated rings. The predicted octanol–water partition coefficient (Wildman–Crippen LogP) is 14.6. The van der Waals surface area contributed by atoms with Gasteiger partial charge < -0.3 is 10.2 Å². The Labute approximate surface area is 404 Å². The molecule has 0 bridgehead atoms. The lowest BCUT2D eigenvalue weighted by molar-refractivity contribution is 0.0501. The van der Waals surface area contributed by atoms with Crippen LogP contribution in [0.2, 0.25) is 0 Å². The van der Waals surface area contributed by atoms with E-state index < -0.39 is 0 Å². The fourth-order valence-corrected chi connectivity index (χ4v) is 12.1. The van der Waals surface area contributed by atoms with Crippen LogP contribution >= 0.6 is 0 Å². The SMILES string of the molecule is CCCCCCC(CCCCCC)N1C(=O)c2ccc3c4ccc5c6c(cc(-c7ccc(N8CCNCC8)cc7)c(c7ccc(c2c37)C1=O)c64)C(=O)N(C(CCCCCC)CCCCCC)C5=O. The van der Waals surface area contributed by atoms with Gasteiger partial charge >= 0.3 is 0 Å². The maximum absolute atomic E-state index is 15.3. The number of hydrogen-bond donors (Lipinski definition) is 1. The Kier molecular flexibility index (Phi) is 15.1. The Hall–Kier alpha value is -5.34. The lowest BCUT2D eigenvalue weighted by atomic mass is 9.79. The molecule has 358 valence electrons. The number of piperazine rings is 1. The molecule has 0 radical (unpaired) electrons. The van der Waals surface area contributed by atoms with E-state index in [1.165, 1.54) is 0 Å². The van der Waals surface area contributed by atoms with Gasteiger partial charge in [0.25, 0.3) is 23.6 Å². The van der Waals surface area contributed by atoms with Crippen LogP contribution < -0.4 is 10.2 Å². The number of unbranched alkanes of at least 4 members (excludes halogenated alkanes) is 12. The third kappa shape index (κ3) is 8.91. The first-order valence-electron chi connectivity index (χ1n) is 26.9. The summed E-state index contributed by atoms with van der Waals surface area (Å²) in [5.74, 6) is -0.795. The number of imide groups is 2. The van der Waals surface area contributed by atoms with Gasteiger partial charge in [0, 0.05) is 77.0 Å². The topological polar surface area (TPSA) is 90.0 Å². The molecule has 68 heavy (non-hydrogen) atoms. The molecule has 0 aromatic heterocycles. The molecule has 1 N–H and O–H groups in total. The number of carbonyl (C=O) groups is 4. The molecule has 0 saturated carbocycles. The number of anilines is 1. The van der Waals surface area contributed by atoms with Crippen molar-refractivity contribution in [3.63, 3.8) is 0 Å². The van der Waals surface area contributed by atoms with Crippen LogP contribution in [-0.4, -0.2) is 71.7 Å². The normalized spacial score (nSPS) is 15.4. The average molecular weight is 915 g/mol. The van der Waals surface area contributed by atoms with Crippen molar-refractivity contribution in [2.24, 2.45) is 0 Å². The van der Waals surface area contributed by atoms with E-state index >= 15 is 9.59 Å². The number of nitrogens with one attached hydrogen (secondary N) is 1. The first kappa shape index (κ1) is 47.7. The first-order chi connectivity index (χ1) is 33.3. The van der Waals surface area contributed by atoms with Crippen LogP contribution in [0.15, 0.2) is 66.7 Å². The van der Waals surface area contributed by atoms with Gasteiger partial charge in [0.1, 0.15) is 0 Å². The molecule has 0 atom stereocenters. The average Bonchev–Trinajstić information content (AvgIpc) is 3.36. The van der Waals surface area contributed by atoms with Gasteiger partial charge in [0.05, 0.1) is 0 Å². The van der Waals surface area contributed by atoms with Crippen LogP contribution in [0.3, 0.4) is 0 Å². The summed E-state index contributed by atoms with van der Waals surface area (Å²) in [5, 5.41) is 10.4. The van der Waals surface area contributed by atoms with Crippen LogP contribution in [0.5, 0.6) is 0 Å². The Morgan fingerprint density at radius 3 is 1.28 bits per heavy atom. The zero-order valence-electron chi connectivity index (χ0n) is 41.5. The number of amides is 4. The van der Waals surface area contributed by atoms with Crippen molar-refractivity contribution in [2.45, 2.75) is 168 Å². The largest absolute Gasteiger partial charge is 0.369 e. The van der Waals surface area contributed by atoms with Gasteiger partial charge in [-0.1, -0.05) is 161 Å². The van der Waals surface area contributed by atoms with E-state index in [0.29, 0.717) is 33.0 Å². The first-order valence-corrected chi connectivity index (χ1v) is 26.9. The highest BCUT2D eigenvalue weighted by molar-refractivity contribution is 6.43. The lowest BCUT2D eigenvalue weighted by Crippen LogP contribution is -2.47. The summed E-state index contributed by atoms with van der Waals surface area (Å²) in [6, 6.07) is 22.6. The molecule has 8 heteroatoms. The van der Waals surface area contributed by atoms with Crippen LogP contribution in [0, 0.1) is 0 Å². The van der Waals surface area contributed by atoms with Crippen LogP contribution in [0.1, 0.15) is 198 Å². The van der Waals surface area contributed by atoms with Crippen molar-refractivity contribution < 1.29 is 19.2 Å². The summed E-state index contributed by atoms with van der Waals surface area (Å²) in [7, 11) is 0. The number of nitrogens with zero attached hydrogens (tertiary/aromatic N) is 3. The molecule has 0 aliphatic carbocycles. The molecule has 1 saturated heterocycles. The standard InChI is InChI=1S/C60H74N4O4/c1-5-9-13-17-21-42(22-18-14-10-6-2)63-57(65)47-32-29-44-45-30-33-49-55-51(60(68)64(59(49)67)43(23-19-15-11-7-3)24-20-16-12-8-4)39-50(40-25-27-41(28-26-40)62-37-35-61-36-38-62)53(56(45)55)46-31-34-48(58(63)66)54(47)52(44)46/h25-34,39,42-43,61H,5-24,35-38H2,1-4H3. The fraction of sp³-hybridized carbons (Fsp3) is 0.500. The number of carbonyl (C=O) groups excluding carboxylic acids is 4. The summed E-state index contributed by atoms with van der Waals surface area (Å²) in [4.78, 5) is 66.0. The minimum absolute atomic E-state index is 0.145. The summed E-state index contributed by atoms with van der Waals surface area (Å²) >= 11 is 0. The quantitative estimate of drug-likeness (QED) is 0.0282. The van der Waals surface area contributed by atoms with Crippen LogP contribution in [0.25, 0.3) is 54.2 Å². The molecule has 0 spiro atoms. The van der Waals surface area contributed by atoms with E-state index in [1.54, 1.807) is 9.80 Å². The van der Waals surface area contributed by atoms with Gasteiger partial charge in [-0.25, -0.2) is 0 Å². The second-order valence-electron chi connectivity index (χ2n) is 20.3. The summed E-state index contributed by atoms with van der Waals surface area (Å²) in [6.07, 6.45) is 20.7. The van der Waals surface area contributed by atoms with Crippen molar-refractivity contribution in [2.75, 3.05) is 31.1 Å². The summed E-state index contributed by atoms with van der Waals surface area (Å²) in [6.45, 7) is 12.6. The number of fused-ring (bicyclic) bond motifs is 2. The molecule has 8 nitrogen and oxygen atoms in total. The second kappa shape index (κ2) is 21.5. The van der Waals surface area contributed by atoms with Crippen LogP contribution in [-0.2, 0) is 0 Å². The van der Waals surface area contributed by atoms with Crippen molar-refractivity contribution in [3.8, 4) is 11.1 Å². The zero-order valence-corrected chi connectivity index (χ0v) is 41.5. The maximum Gasteiger partial charge on any atom is 0.261 e. The highest BCUT2D eigenvalue weighted by atomic mass is 16.2. The Morgan fingerprint density at radius 2 is 0.824 bits per heavy atom. The minimum Gasteiger partial charge on any atom is -0.369 e. The Morgan fingerprint density at radius 1 is 0.412 bits per heavy atom. The van der Waals surface area contributed by atoms with Gasteiger partial charge in [0.15, 0.2) is 0 Å². The maximum atomic E-state index is 15.3. The van der Waals surface area contributed by atoms with E-state index in [9.17, 15) is 9.59 Å². The molecule has 3 aliphatic rings. The smallest absolute Gasteiger partial charge is 0.261 e. The Balaban J connectivity index is 1.22. The van der Waals surface area contributed by atoms with E-state index in [2.05, 4.69) is 86.4 Å². The van der Waals surface area contributed by atoms with Crippen molar-refractivity contribution in [3.05, 3.63) is 89.0 Å². The highest BCUT2D eigenvalue weighted by Crippen LogP contribution is 2.50. The molecule has 4 amide bonds. The fourth-order valence-electron chi connectivity index (χ4n) is 12.1. The number of rotatable bonds is 24. The third-order valence-electron chi connectivity index (χ3n) is 15.8. The molecule has 3 heterocycles. The van der Waals surface area contributed by atoms with Gasteiger partial charge in [-0.3, -0.25) is 29.0 Å². The molecule has 3 aliphatic heterocycles. The molecular formula is C60H74N4O4. The van der Waals surface area contributed by atoms with Gasteiger partial charge in [-0.05, 0) is 106 Å². The minimum atomic E-state index is -0.202. The van der Waals surface area contributed by atoms with E-state index in [0.717, 1.165) is 204 Å². The summed E-state index contributed by atoms with van der Waals surface area (Å²) in [5.41, 5.74) is 5.37. The monoisotopic (exact) mass is 915 g/mol. The zero-order chi connectivity index (χ0) is 47.3. The molecule has 6 aromatic rings. The molecule has 0 unspecified atom stereocenters. The second-order valence-corrected chi connectivity index (χ2v) is 20.3. The molecular weight excluding hydrogens is 841 g/mol. The molecule has 6 aromatic carbocycles. The van der Waals surface area contributed by atoms with Gasteiger partial charge in [-0.2, -0.15) is 0 Å². The van der Waals surface area contributed by atoms with Crippen LogP contribution in [0.4, 0.5) is 5.69 Å². The van der Waals surface area contributed by atoms with Crippen molar-refractivity contribution in [1.29, 1.82) is 0 Å². The lowest BCUT2D eigenvalue weighted by Gasteiger charge is -2.36. The van der Waals surface area contributed by atoms with E-state index in [4.69, 9.17) is 0 Å². The number of benzene rings is 6. The predicted molar refractivity (Wildman–Crippen MR) is 282 cm³/mol. The van der Waals surface area contributed by atoms with E-state index in [-0.39, 0.29) is 35.7 Å². The molecule has 9 rings (SSSR count). The number of hydrogen-bond acceptors (Lipinski definition) is 6. The van der Waals surface area contributed by atoms with E-state index in [1.807, 2.05) is 18.2 Å². The third-order valence-corrected chi connectivity index (χ3v) is 15.8. The summed E-state index contributed by atoms with van der Waals surface area (Å²) < 4.78 is 0. The van der Waals surface area contributed by atoms with Crippen molar-refractivity contribution in [1.82, 2.24) is 15.1 Å². The van der Waals surface area contributed by atoms with Crippen molar-refractivity contribution >= 4 is 72.4 Å². The highest BCUT2D eigenvalue weighted by Gasteiger charge is 2.41. The Bertz CT molecular complexity index is 2740. The van der Waals surface area contributed by atoms with Gasteiger partial charge in [-0.15, -0.1) is 0 Å². The van der Waals surface area contributed by atoms with Gasteiger partial charge in [0.2, 0.25) is 0 Å².